The van der Waals surface area contributed by atoms with E-state index in [1.807, 2.05) is 0 Å². The lowest BCUT2D eigenvalue weighted by molar-refractivity contribution is -0.119. The van der Waals surface area contributed by atoms with Crippen molar-refractivity contribution in [2.24, 2.45) is 0 Å². The molecular formula is C17H16Cl2N2O3. The first kappa shape index (κ1) is 18.1. The second kappa shape index (κ2) is 7.55. The van der Waals surface area contributed by atoms with Gasteiger partial charge < -0.3 is 15.8 Å². The van der Waals surface area contributed by atoms with Gasteiger partial charge in [-0.2, -0.15) is 0 Å². The maximum absolute atomic E-state index is 12.0. The molecule has 1 amide bonds. The highest BCUT2D eigenvalue weighted by molar-refractivity contribution is 6.40. The van der Waals surface area contributed by atoms with Crippen LogP contribution in [0, 0.1) is 13.8 Å². The van der Waals surface area contributed by atoms with Crippen LogP contribution >= 0.6 is 23.2 Å². The number of carbonyl (C=O) groups excluding carboxylic acids is 2. The number of amides is 1. The van der Waals surface area contributed by atoms with Crippen molar-refractivity contribution in [3.8, 4) is 0 Å². The Hall–Kier alpha value is -2.24. The SMILES string of the molecule is Cc1cccc(C(=O)OCC(=O)Nc2c(Cl)ccc(C)c2Cl)c1N. The van der Waals surface area contributed by atoms with Crippen molar-refractivity contribution in [1.29, 1.82) is 0 Å². The molecule has 0 aromatic heterocycles. The molecule has 24 heavy (non-hydrogen) atoms. The predicted molar refractivity (Wildman–Crippen MR) is 95.7 cm³/mol. The smallest absolute Gasteiger partial charge is 0.340 e. The van der Waals surface area contributed by atoms with Crippen molar-refractivity contribution < 1.29 is 14.3 Å². The Morgan fingerprint density at radius 3 is 2.54 bits per heavy atom. The number of benzene rings is 2. The van der Waals surface area contributed by atoms with Crippen LogP contribution in [0.15, 0.2) is 30.3 Å². The van der Waals surface area contributed by atoms with Crippen LogP contribution in [0.1, 0.15) is 21.5 Å². The first-order chi connectivity index (χ1) is 11.3. The molecule has 2 aromatic rings. The van der Waals surface area contributed by atoms with Gasteiger partial charge in [-0.1, -0.05) is 41.4 Å². The molecule has 5 nitrogen and oxygen atoms in total. The number of nitrogen functional groups attached to an aromatic ring is 1. The van der Waals surface area contributed by atoms with Crippen molar-refractivity contribution in [2.45, 2.75) is 13.8 Å². The minimum atomic E-state index is -0.673. The average molecular weight is 367 g/mol. The number of anilines is 2. The summed E-state index contributed by atoms with van der Waals surface area (Å²) >= 11 is 12.1. The second-order valence-electron chi connectivity index (χ2n) is 5.21. The highest BCUT2D eigenvalue weighted by atomic mass is 35.5. The van der Waals surface area contributed by atoms with Crippen LogP contribution in [0.4, 0.5) is 11.4 Å². The summed E-state index contributed by atoms with van der Waals surface area (Å²) in [6.07, 6.45) is 0. The molecule has 7 heteroatoms. The van der Waals surface area contributed by atoms with Crippen LogP contribution in [0.2, 0.25) is 10.0 Å². The lowest BCUT2D eigenvalue weighted by Crippen LogP contribution is -2.22. The fourth-order valence-corrected chi connectivity index (χ4v) is 2.48. The molecule has 0 saturated carbocycles. The number of hydrogen-bond acceptors (Lipinski definition) is 4. The Labute approximate surface area is 149 Å². The fraction of sp³-hybridized carbons (Fsp3) is 0.176. The largest absolute Gasteiger partial charge is 0.452 e. The van der Waals surface area contributed by atoms with E-state index in [2.05, 4.69) is 5.32 Å². The Morgan fingerprint density at radius 1 is 1.12 bits per heavy atom. The molecular weight excluding hydrogens is 351 g/mol. The summed E-state index contributed by atoms with van der Waals surface area (Å²) in [6, 6.07) is 8.37. The van der Waals surface area contributed by atoms with E-state index in [0.717, 1.165) is 11.1 Å². The number of esters is 1. The second-order valence-corrected chi connectivity index (χ2v) is 6.00. The van der Waals surface area contributed by atoms with Gasteiger partial charge in [0.25, 0.3) is 5.91 Å². The predicted octanol–water partition coefficient (Wildman–Crippen LogP) is 3.99. The molecule has 2 rings (SSSR count). The number of halogens is 2. The van der Waals surface area contributed by atoms with Gasteiger partial charge >= 0.3 is 5.97 Å². The van der Waals surface area contributed by atoms with Crippen LogP contribution in [-0.2, 0) is 9.53 Å². The number of hydrogen-bond donors (Lipinski definition) is 2. The van der Waals surface area contributed by atoms with Crippen LogP contribution < -0.4 is 11.1 Å². The third-order valence-corrected chi connectivity index (χ3v) is 4.23. The van der Waals surface area contributed by atoms with Gasteiger partial charge in [0.15, 0.2) is 6.61 Å². The number of aryl methyl sites for hydroxylation is 2. The van der Waals surface area contributed by atoms with Crippen molar-refractivity contribution >= 4 is 46.5 Å². The highest BCUT2D eigenvalue weighted by Gasteiger charge is 2.16. The van der Waals surface area contributed by atoms with E-state index in [-0.39, 0.29) is 11.3 Å². The zero-order chi connectivity index (χ0) is 17.9. The van der Waals surface area contributed by atoms with Gasteiger partial charge in [-0.05, 0) is 37.1 Å². The summed E-state index contributed by atoms with van der Waals surface area (Å²) in [5.74, 6) is -1.23. The Bertz CT molecular complexity index is 807. The van der Waals surface area contributed by atoms with Crippen molar-refractivity contribution in [1.82, 2.24) is 0 Å². The summed E-state index contributed by atoms with van der Waals surface area (Å²) < 4.78 is 4.99. The fourth-order valence-electron chi connectivity index (χ4n) is 2.01. The molecule has 0 aliphatic carbocycles. The molecule has 2 aromatic carbocycles. The van der Waals surface area contributed by atoms with E-state index in [1.54, 1.807) is 38.1 Å². The molecule has 0 fully saturated rings. The van der Waals surface area contributed by atoms with Crippen molar-refractivity contribution in [3.05, 3.63) is 57.1 Å². The third-order valence-electron chi connectivity index (χ3n) is 3.43. The van der Waals surface area contributed by atoms with Crippen LogP contribution in [0.3, 0.4) is 0 Å². The zero-order valence-corrected chi connectivity index (χ0v) is 14.7. The number of ether oxygens (including phenoxy) is 1. The van der Waals surface area contributed by atoms with E-state index < -0.39 is 18.5 Å². The lowest BCUT2D eigenvalue weighted by Gasteiger charge is -2.12. The maximum atomic E-state index is 12.0. The van der Waals surface area contributed by atoms with E-state index in [4.69, 9.17) is 33.7 Å². The Morgan fingerprint density at radius 2 is 1.83 bits per heavy atom. The van der Waals surface area contributed by atoms with Gasteiger partial charge in [-0.15, -0.1) is 0 Å². The standard InChI is InChI=1S/C17H16Cl2N2O3/c1-9-6-7-12(18)16(14(9)19)21-13(22)8-24-17(23)11-5-3-4-10(2)15(11)20/h3-7H,8,20H2,1-2H3,(H,21,22). The molecule has 0 radical (unpaired) electrons. The molecule has 0 saturated heterocycles. The summed E-state index contributed by atoms with van der Waals surface area (Å²) in [5.41, 5.74) is 8.19. The maximum Gasteiger partial charge on any atom is 0.340 e. The molecule has 3 N–H and O–H groups in total. The quantitative estimate of drug-likeness (QED) is 0.633. The Kier molecular flexibility index (Phi) is 5.70. The van der Waals surface area contributed by atoms with Gasteiger partial charge in [0.1, 0.15) is 0 Å². The van der Waals surface area contributed by atoms with Crippen LogP contribution in [0.5, 0.6) is 0 Å². The topological polar surface area (TPSA) is 81.4 Å². The molecule has 0 spiro atoms. The Balaban J connectivity index is 2.03. The first-order valence-electron chi connectivity index (χ1n) is 7.08. The number of para-hydroxylation sites is 1. The van der Waals surface area contributed by atoms with Crippen LogP contribution in [0.25, 0.3) is 0 Å². The van der Waals surface area contributed by atoms with E-state index in [9.17, 15) is 9.59 Å². The highest BCUT2D eigenvalue weighted by Crippen LogP contribution is 2.32. The van der Waals surface area contributed by atoms with Crippen molar-refractivity contribution in [2.75, 3.05) is 17.7 Å². The van der Waals surface area contributed by atoms with Crippen molar-refractivity contribution in [3.63, 3.8) is 0 Å². The molecule has 0 unspecified atom stereocenters. The number of nitrogens with two attached hydrogens (primary N) is 1. The minimum absolute atomic E-state index is 0.217. The van der Waals surface area contributed by atoms with Gasteiger partial charge in [0.2, 0.25) is 0 Å². The molecule has 0 bridgehead atoms. The monoisotopic (exact) mass is 366 g/mol. The lowest BCUT2D eigenvalue weighted by atomic mass is 10.1. The van der Waals surface area contributed by atoms with Crippen LogP contribution in [-0.4, -0.2) is 18.5 Å². The van der Waals surface area contributed by atoms with Gasteiger partial charge in [-0.25, -0.2) is 4.79 Å². The molecule has 126 valence electrons. The number of rotatable bonds is 4. The molecule has 0 aliphatic heterocycles. The van der Waals surface area contributed by atoms with Gasteiger partial charge in [-0.3, -0.25) is 4.79 Å². The van der Waals surface area contributed by atoms with E-state index in [1.165, 1.54) is 6.07 Å². The zero-order valence-electron chi connectivity index (χ0n) is 13.2. The molecule has 0 aliphatic rings. The minimum Gasteiger partial charge on any atom is -0.452 e. The summed E-state index contributed by atoms with van der Waals surface area (Å²) in [7, 11) is 0. The third kappa shape index (κ3) is 3.99. The van der Waals surface area contributed by atoms with E-state index >= 15 is 0 Å². The van der Waals surface area contributed by atoms with Gasteiger partial charge in [0.05, 0.1) is 21.3 Å². The molecule has 0 heterocycles. The first-order valence-corrected chi connectivity index (χ1v) is 7.83. The summed E-state index contributed by atoms with van der Waals surface area (Å²) in [4.78, 5) is 24.0. The summed E-state index contributed by atoms with van der Waals surface area (Å²) in [6.45, 7) is 3.09. The van der Waals surface area contributed by atoms with E-state index in [0.29, 0.717) is 15.7 Å². The average Bonchev–Trinajstić information content (AvgIpc) is 2.55. The normalized spacial score (nSPS) is 10.3. The molecule has 0 atom stereocenters. The number of nitrogens with one attached hydrogen (secondary N) is 1. The number of carbonyl (C=O) groups is 2. The summed E-state index contributed by atoms with van der Waals surface area (Å²) in [5, 5.41) is 3.18. The van der Waals surface area contributed by atoms with Gasteiger partial charge in [0, 0.05) is 5.69 Å².